The molecule has 0 atom stereocenters. The molecule has 0 unspecified atom stereocenters. The molecule has 1 fully saturated rings. The first-order valence-electron chi connectivity index (χ1n) is 8.40. The van der Waals surface area contributed by atoms with Crippen molar-refractivity contribution in [3.8, 4) is 0 Å². The number of aromatic nitrogens is 2. The Morgan fingerprint density at radius 1 is 1.04 bits per heavy atom. The molecule has 1 aliphatic heterocycles. The monoisotopic (exact) mass is 338 g/mol. The molecule has 0 aliphatic carbocycles. The van der Waals surface area contributed by atoms with E-state index in [1.807, 2.05) is 24.3 Å². The number of benzene rings is 2. The number of nitrogens with zero attached hydrogens (tertiary/aromatic N) is 3. The number of rotatable bonds is 4. The molecule has 3 aromatic rings. The van der Waals surface area contributed by atoms with Crippen LogP contribution in [-0.2, 0) is 0 Å². The Kier molecular flexibility index (Phi) is 4.19. The number of Topliss-reactive ketones (excluding diaryl/α,β-unsaturated/α-hetero) is 1. The highest BCUT2D eigenvalue weighted by molar-refractivity contribution is 6.06. The summed E-state index contributed by atoms with van der Waals surface area (Å²) in [5, 5.41) is 7.97. The normalized spacial score (nSPS) is 15.6. The van der Waals surface area contributed by atoms with Crippen molar-refractivity contribution in [2.45, 2.75) is 0 Å². The zero-order valence-electron chi connectivity index (χ0n) is 13.8. The van der Waals surface area contributed by atoms with Gasteiger partial charge in [0.15, 0.2) is 5.78 Å². The molecule has 128 valence electrons. The molecule has 5 nitrogen and oxygen atoms in total. The quantitative estimate of drug-likeness (QED) is 0.743. The van der Waals surface area contributed by atoms with Gasteiger partial charge in [0, 0.05) is 37.3 Å². The Labute approximate surface area is 145 Å². The summed E-state index contributed by atoms with van der Waals surface area (Å²) >= 11 is 0. The number of H-pyrrole nitrogens is 1. The van der Waals surface area contributed by atoms with Crippen molar-refractivity contribution in [3.63, 3.8) is 0 Å². The minimum Gasteiger partial charge on any atom is -0.369 e. The molecule has 0 saturated carbocycles. The van der Waals surface area contributed by atoms with Crippen molar-refractivity contribution < 1.29 is 9.18 Å². The largest absolute Gasteiger partial charge is 0.369 e. The van der Waals surface area contributed by atoms with Gasteiger partial charge in [0.2, 0.25) is 0 Å². The van der Waals surface area contributed by atoms with Crippen LogP contribution < -0.4 is 4.90 Å². The topological polar surface area (TPSA) is 52.2 Å². The summed E-state index contributed by atoms with van der Waals surface area (Å²) in [7, 11) is 0. The fourth-order valence-corrected chi connectivity index (χ4v) is 3.27. The fraction of sp³-hybridized carbons (Fsp3) is 0.263. The summed E-state index contributed by atoms with van der Waals surface area (Å²) in [6.45, 7) is 3.60. The molecule has 25 heavy (non-hydrogen) atoms. The van der Waals surface area contributed by atoms with Crippen LogP contribution in [0.15, 0.2) is 48.5 Å². The van der Waals surface area contributed by atoms with Crippen molar-refractivity contribution in [3.05, 3.63) is 60.0 Å². The van der Waals surface area contributed by atoms with Crippen molar-refractivity contribution in [2.24, 2.45) is 0 Å². The number of nitrogens with one attached hydrogen (secondary N) is 1. The molecular weight excluding hydrogens is 319 g/mol. The third-order valence-electron chi connectivity index (χ3n) is 4.67. The van der Waals surface area contributed by atoms with Gasteiger partial charge in [-0.25, -0.2) is 4.39 Å². The molecule has 0 amide bonds. The van der Waals surface area contributed by atoms with Crippen molar-refractivity contribution in [1.29, 1.82) is 0 Å². The highest BCUT2D eigenvalue weighted by Gasteiger charge is 2.22. The number of carbonyl (C=O) groups is 1. The van der Waals surface area contributed by atoms with E-state index >= 15 is 0 Å². The summed E-state index contributed by atoms with van der Waals surface area (Å²) in [6, 6.07) is 14.2. The van der Waals surface area contributed by atoms with Crippen LogP contribution in [-0.4, -0.2) is 53.6 Å². The van der Waals surface area contributed by atoms with Crippen molar-refractivity contribution in [2.75, 3.05) is 37.6 Å². The lowest BCUT2D eigenvalue weighted by Crippen LogP contribution is -2.48. The van der Waals surface area contributed by atoms with Gasteiger partial charge < -0.3 is 4.90 Å². The van der Waals surface area contributed by atoms with Gasteiger partial charge in [-0.15, -0.1) is 0 Å². The number of anilines is 1. The molecule has 2 heterocycles. The lowest BCUT2D eigenvalue weighted by atomic mass is 10.1. The highest BCUT2D eigenvalue weighted by Crippen LogP contribution is 2.18. The minimum absolute atomic E-state index is 0.0349. The molecule has 4 rings (SSSR count). The Hall–Kier alpha value is -2.73. The molecule has 6 heteroatoms. The number of para-hydroxylation sites is 1. The third-order valence-corrected chi connectivity index (χ3v) is 4.67. The molecule has 1 saturated heterocycles. The number of carbonyl (C=O) groups excluding carboxylic acids is 1. The van der Waals surface area contributed by atoms with Gasteiger partial charge in [0.05, 0.1) is 12.1 Å². The van der Waals surface area contributed by atoms with Crippen LogP contribution in [0.1, 0.15) is 10.5 Å². The molecular formula is C19H19FN4O. The predicted octanol–water partition coefficient (Wildman–Crippen LogP) is 2.71. The summed E-state index contributed by atoms with van der Waals surface area (Å²) < 4.78 is 13.0. The maximum absolute atomic E-state index is 13.0. The molecule has 1 aliphatic rings. The Balaban J connectivity index is 1.38. The zero-order chi connectivity index (χ0) is 17.2. The van der Waals surface area contributed by atoms with E-state index in [1.54, 1.807) is 12.1 Å². The molecule has 1 aromatic heterocycles. The third kappa shape index (κ3) is 3.25. The Bertz CT molecular complexity index is 882. The number of hydrogen-bond donors (Lipinski definition) is 1. The molecule has 0 radical (unpaired) electrons. The van der Waals surface area contributed by atoms with E-state index in [1.165, 1.54) is 12.1 Å². The van der Waals surface area contributed by atoms with E-state index in [9.17, 15) is 9.18 Å². The van der Waals surface area contributed by atoms with Gasteiger partial charge in [-0.05, 0) is 30.3 Å². The van der Waals surface area contributed by atoms with E-state index in [0.717, 1.165) is 42.8 Å². The summed E-state index contributed by atoms with van der Waals surface area (Å²) in [5.41, 5.74) is 2.41. The number of ketones is 1. The standard InChI is InChI=1S/C19H19FN4O/c20-14-5-7-15(8-6-14)24-11-9-23(10-12-24)13-18(25)19-16-3-1-2-4-17(16)21-22-19/h1-8H,9-13H2,(H,21,22). The molecule has 0 bridgehead atoms. The van der Waals surface area contributed by atoms with Crippen LogP contribution in [0.5, 0.6) is 0 Å². The van der Waals surface area contributed by atoms with Crippen molar-refractivity contribution in [1.82, 2.24) is 15.1 Å². The number of hydrogen-bond acceptors (Lipinski definition) is 4. The summed E-state index contributed by atoms with van der Waals surface area (Å²) in [5.74, 6) is -0.188. The predicted molar refractivity (Wildman–Crippen MR) is 95.5 cm³/mol. The smallest absolute Gasteiger partial charge is 0.197 e. The van der Waals surface area contributed by atoms with Gasteiger partial charge in [0.25, 0.3) is 0 Å². The average Bonchev–Trinajstić information content (AvgIpc) is 3.07. The maximum Gasteiger partial charge on any atom is 0.197 e. The van der Waals surface area contributed by atoms with E-state index in [2.05, 4.69) is 20.0 Å². The average molecular weight is 338 g/mol. The van der Waals surface area contributed by atoms with Crippen LogP contribution >= 0.6 is 0 Å². The number of halogens is 1. The summed E-state index contributed by atoms with van der Waals surface area (Å²) in [6.07, 6.45) is 0. The lowest BCUT2D eigenvalue weighted by Gasteiger charge is -2.35. The first-order valence-corrected chi connectivity index (χ1v) is 8.40. The maximum atomic E-state index is 13.0. The Morgan fingerprint density at radius 3 is 2.52 bits per heavy atom. The minimum atomic E-state index is -0.223. The van der Waals surface area contributed by atoms with Gasteiger partial charge in [-0.1, -0.05) is 18.2 Å². The lowest BCUT2D eigenvalue weighted by molar-refractivity contribution is 0.0923. The van der Waals surface area contributed by atoms with E-state index in [0.29, 0.717) is 12.2 Å². The van der Waals surface area contributed by atoms with E-state index in [-0.39, 0.29) is 11.6 Å². The molecule has 1 N–H and O–H groups in total. The second-order valence-electron chi connectivity index (χ2n) is 6.28. The number of aromatic amines is 1. The van der Waals surface area contributed by atoms with Crippen molar-refractivity contribution >= 4 is 22.4 Å². The van der Waals surface area contributed by atoms with Crippen LogP contribution in [0.25, 0.3) is 10.9 Å². The first-order chi connectivity index (χ1) is 12.2. The fourth-order valence-electron chi connectivity index (χ4n) is 3.27. The van der Waals surface area contributed by atoms with Crippen LogP contribution in [0, 0.1) is 5.82 Å². The number of piperazine rings is 1. The molecule has 2 aromatic carbocycles. The summed E-state index contributed by atoms with van der Waals surface area (Å²) in [4.78, 5) is 17.0. The van der Waals surface area contributed by atoms with Gasteiger partial charge in [-0.2, -0.15) is 5.10 Å². The first kappa shape index (κ1) is 15.8. The van der Waals surface area contributed by atoms with Crippen LogP contribution in [0.4, 0.5) is 10.1 Å². The number of fused-ring (bicyclic) bond motifs is 1. The van der Waals surface area contributed by atoms with E-state index < -0.39 is 0 Å². The molecule has 0 spiro atoms. The second-order valence-corrected chi connectivity index (χ2v) is 6.28. The highest BCUT2D eigenvalue weighted by atomic mass is 19.1. The van der Waals surface area contributed by atoms with Crippen LogP contribution in [0.2, 0.25) is 0 Å². The van der Waals surface area contributed by atoms with Crippen LogP contribution in [0.3, 0.4) is 0 Å². The zero-order valence-corrected chi connectivity index (χ0v) is 13.8. The second kappa shape index (κ2) is 6.64. The SMILES string of the molecule is O=C(CN1CCN(c2ccc(F)cc2)CC1)c1n[nH]c2ccccc12. The van der Waals surface area contributed by atoms with Gasteiger partial charge >= 0.3 is 0 Å². The Morgan fingerprint density at radius 2 is 1.76 bits per heavy atom. The van der Waals surface area contributed by atoms with Gasteiger partial charge in [0.1, 0.15) is 11.5 Å². The van der Waals surface area contributed by atoms with E-state index in [4.69, 9.17) is 0 Å². The van der Waals surface area contributed by atoms with Gasteiger partial charge in [-0.3, -0.25) is 14.8 Å².